The molecule has 3 aromatic rings. The maximum Gasteiger partial charge on any atom is 0.251 e. The number of β-amino-alcohol motifs (C(OH)–C–C–N with tert-alkyl or cyclic N) is 1. The van der Waals surface area contributed by atoms with Crippen LogP contribution in [0.2, 0.25) is 0 Å². The van der Waals surface area contributed by atoms with Crippen molar-refractivity contribution in [3.63, 3.8) is 0 Å². The molecule has 0 spiro atoms. The Morgan fingerprint density at radius 3 is 2.92 bits per heavy atom. The first-order chi connectivity index (χ1) is 18.5. The third-order valence-electron chi connectivity index (χ3n) is 7.41. The van der Waals surface area contributed by atoms with Gasteiger partial charge in [-0.25, -0.2) is 9.97 Å². The fraction of sp³-hybridized carbons (Fsp3) is 0.464. The van der Waals surface area contributed by atoms with Crippen molar-refractivity contribution in [2.75, 3.05) is 31.6 Å². The lowest BCUT2D eigenvalue weighted by atomic mass is 9.81. The fourth-order valence-corrected chi connectivity index (χ4v) is 5.19. The summed E-state index contributed by atoms with van der Waals surface area (Å²) in [5, 5.41) is 26.0. The highest BCUT2D eigenvalue weighted by Crippen LogP contribution is 2.30. The average Bonchev–Trinajstić information content (AvgIpc) is 3.42. The van der Waals surface area contributed by atoms with E-state index in [2.05, 4.69) is 38.5 Å². The van der Waals surface area contributed by atoms with Gasteiger partial charge in [-0.05, 0) is 67.0 Å². The quantitative estimate of drug-likeness (QED) is 0.281. The van der Waals surface area contributed by atoms with Crippen LogP contribution in [0, 0.1) is 12.8 Å². The van der Waals surface area contributed by atoms with Gasteiger partial charge in [0.05, 0.1) is 12.3 Å². The molecular weight excluding hydrogens is 518 g/mol. The highest BCUT2D eigenvalue weighted by Gasteiger charge is 2.28. The number of fused-ring (bicyclic) bond motifs is 1. The Hall–Kier alpha value is -3.12. The maximum absolute atomic E-state index is 12.7. The number of nitrogens with zero attached hydrogens (tertiary/aromatic N) is 3. The molecule has 39 heavy (non-hydrogen) atoms. The summed E-state index contributed by atoms with van der Waals surface area (Å²) in [6.07, 6.45) is 6.64. The zero-order valence-electron chi connectivity index (χ0n) is 22.1. The summed E-state index contributed by atoms with van der Waals surface area (Å²) in [5.74, 6) is 2.27. The number of nitrogens with one attached hydrogen (secondary N) is 2. The lowest BCUT2D eigenvalue weighted by Gasteiger charge is -2.34. The number of aromatic nitrogens is 2. The van der Waals surface area contributed by atoms with Gasteiger partial charge in [0.15, 0.2) is 12.2 Å². The monoisotopic (exact) mass is 555 g/mol. The first-order valence-corrected chi connectivity index (χ1v) is 13.1. The molecule has 0 unspecified atom stereocenters. The van der Waals surface area contributed by atoms with Crippen LogP contribution in [0.15, 0.2) is 47.5 Å². The third kappa shape index (κ3) is 7.30. The molecule has 3 heterocycles. The van der Waals surface area contributed by atoms with Gasteiger partial charge in [0.2, 0.25) is 0 Å². The third-order valence-corrected chi connectivity index (χ3v) is 7.41. The van der Waals surface area contributed by atoms with E-state index in [1.165, 1.54) is 17.5 Å². The first kappa shape index (κ1) is 28.9. The van der Waals surface area contributed by atoms with Crippen LogP contribution in [0.25, 0.3) is 0 Å². The Balaban J connectivity index is 0.00000353. The van der Waals surface area contributed by atoms with Gasteiger partial charge in [0, 0.05) is 50.6 Å². The Bertz CT molecular complexity index is 1240. The summed E-state index contributed by atoms with van der Waals surface area (Å²) < 4.78 is 11.2. The summed E-state index contributed by atoms with van der Waals surface area (Å²) in [4.78, 5) is 23.1. The highest BCUT2D eigenvalue weighted by atomic mass is 32.1. The second-order valence-electron chi connectivity index (χ2n) is 10.2. The van der Waals surface area contributed by atoms with Crippen LogP contribution in [0.4, 0.5) is 5.82 Å². The minimum Gasteiger partial charge on any atom is -0.485 e. The zero-order chi connectivity index (χ0) is 26.5. The number of oxazole rings is 1. The summed E-state index contributed by atoms with van der Waals surface area (Å²) >= 11 is 0. The van der Waals surface area contributed by atoms with Crippen molar-refractivity contribution in [2.45, 2.75) is 51.5 Å². The Kier molecular flexibility index (Phi) is 9.84. The topological polar surface area (TPSA) is 133 Å². The molecule has 210 valence electrons. The van der Waals surface area contributed by atoms with Gasteiger partial charge in [0.25, 0.3) is 5.91 Å². The number of aliphatic hydroxyl groups excluding tert-OH is 2. The Morgan fingerprint density at radius 1 is 1.31 bits per heavy atom. The van der Waals surface area contributed by atoms with Gasteiger partial charge < -0.3 is 30.0 Å². The van der Waals surface area contributed by atoms with Crippen LogP contribution in [0.1, 0.15) is 45.7 Å². The minimum absolute atomic E-state index is 0. The molecule has 1 aromatic carbocycles. The van der Waals surface area contributed by atoms with E-state index in [-0.39, 0.29) is 38.6 Å². The van der Waals surface area contributed by atoms with Crippen molar-refractivity contribution in [1.29, 1.82) is 0 Å². The molecule has 11 heteroatoms. The van der Waals surface area contributed by atoms with Gasteiger partial charge in [-0.3, -0.25) is 9.69 Å². The number of carbonyl (C=O) groups is 1. The van der Waals surface area contributed by atoms with Crippen LogP contribution in [-0.2, 0) is 19.6 Å². The Morgan fingerprint density at radius 2 is 2.15 bits per heavy atom. The van der Waals surface area contributed by atoms with Crippen molar-refractivity contribution < 1.29 is 24.2 Å². The van der Waals surface area contributed by atoms with E-state index in [4.69, 9.17) is 9.15 Å². The number of amides is 1. The molecule has 1 atom stereocenters. The highest BCUT2D eigenvalue weighted by molar-refractivity contribution is 7.59. The molecular formula is C28H37N5O5S. The molecule has 1 amide bonds. The van der Waals surface area contributed by atoms with Gasteiger partial charge in [-0.1, -0.05) is 6.07 Å². The number of hydrogen-bond acceptors (Lipinski definition) is 9. The number of ether oxygens (including phenoxy) is 1. The molecule has 1 aliphatic heterocycles. The SMILES string of the molecule is Cc1c(OCc2cnco2)ccc2c1CCN(C[C@@H](O)CNC(=O)c1ccnc(NC3CC(CO)C3)c1)C2.S. The molecule has 1 fully saturated rings. The molecule has 2 aliphatic rings. The zero-order valence-corrected chi connectivity index (χ0v) is 23.1. The molecule has 2 aromatic heterocycles. The van der Waals surface area contributed by atoms with Gasteiger partial charge in [-0.2, -0.15) is 13.5 Å². The summed E-state index contributed by atoms with van der Waals surface area (Å²) in [6.45, 7) is 4.82. The molecule has 0 bridgehead atoms. The normalized spacial score (nSPS) is 19.3. The standard InChI is InChI=1S/C28H35N5O5.H2S/c1-18-25-5-7-33(13-21(25)2-3-26(18)37-16-24-12-29-17-38-24)14-23(35)11-31-28(36)20-4-6-30-27(10-20)32-22-8-19(9-22)15-34;/h2-4,6,10,12,17,19,22-23,34-35H,5,7-9,11,13-16H2,1H3,(H,30,32)(H,31,36);1H2/t19?,22?,23-;/m0./s1. The number of hydrogen-bond donors (Lipinski definition) is 4. The van der Waals surface area contributed by atoms with Gasteiger partial charge in [-0.15, -0.1) is 0 Å². The van der Waals surface area contributed by atoms with E-state index < -0.39 is 6.10 Å². The minimum atomic E-state index is -0.684. The van der Waals surface area contributed by atoms with Crippen molar-refractivity contribution in [2.24, 2.45) is 5.92 Å². The largest absolute Gasteiger partial charge is 0.485 e. The number of rotatable bonds is 11. The van der Waals surface area contributed by atoms with Crippen molar-refractivity contribution in [3.8, 4) is 5.75 Å². The summed E-state index contributed by atoms with van der Waals surface area (Å²) in [6, 6.07) is 7.73. The molecule has 1 saturated carbocycles. The molecule has 0 saturated heterocycles. The van der Waals surface area contributed by atoms with Crippen LogP contribution in [0.3, 0.4) is 0 Å². The van der Waals surface area contributed by atoms with E-state index in [0.717, 1.165) is 43.7 Å². The predicted molar refractivity (Wildman–Crippen MR) is 151 cm³/mol. The van der Waals surface area contributed by atoms with Crippen LogP contribution in [0.5, 0.6) is 5.75 Å². The van der Waals surface area contributed by atoms with Crippen LogP contribution < -0.4 is 15.4 Å². The second kappa shape index (κ2) is 13.3. The van der Waals surface area contributed by atoms with Crippen molar-refractivity contribution in [3.05, 3.63) is 71.1 Å². The molecule has 0 radical (unpaired) electrons. The van der Waals surface area contributed by atoms with Crippen LogP contribution in [-0.4, -0.2) is 69.4 Å². The van der Waals surface area contributed by atoms with Gasteiger partial charge >= 0.3 is 0 Å². The maximum atomic E-state index is 12.7. The second-order valence-corrected chi connectivity index (χ2v) is 10.2. The fourth-order valence-electron chi connectivity index (χ4n) is 5.19. The first-order valence-electron chi connectivity index (χ1n) is 13.1. The summed E-state index contributed by atoms with van der Waals surface area (Å²) in [5.41, 5.74) is 4.14. The molecule has 10 nitrogen and oxygen atoms in total. The van der Waals surface area contributed by atoms with Gasteiger partial charge in [0.1, 0.15) is 18.2 Å². The smallest absolute Gasteiger partial charge is 0.251 e. The molecule has 1 aliphatic carbocycles. The van der Waals surface area contributed by atoms with E-state index >= 15 is 0 Å². The average molecular weight is 556 g/mol. The number of aliphatic hydroxyl groups is 2. The van der Waals surface area contributed by atoms with E-state index in [0.29, 0.717) is 36.2 Å². The number of anilines is 1. The number of pyridine rings is 1. The van der Waals surface area contributed by atoms with E-state index in [9.17, 15) is 15.0 Å². The Labute approximate surface area is 235 Å². The lowest BCUT2D eigenvalue weighted by molar-refractivity contribution is 0.0841. The predicted octanol–water partition coefficient (Wildman–Crippen LogP) is 2.40. The summed E-state index contributed by atoms with van der Waals surface area (Å²) in [7, 11) is 0. The van der Waals surface area contributed by atoms with E-state index in [1.807, 2.05) is 6.07 Å². The molecule has 5 rings (SSSR count). The van der Waals surface area contributed by atoms with Crippen LogP contribution >= 0.6 is 13.5 Å². The van der Waals surface area contributed by atoms with Crippen molar-refractivity contribution in [1.82, 2.24) is 20.2 Å². The number of carbonyl (C=O) groups excluding carboxylic acids is 1. The lowest BCUT2D eigenvalue weighted by Crippen LogP contribution is -2.42. The number of benzene rings is 1. The van der Waals surface area contributed by atoms with Crippen molar-refractivity contribution >= 4 is 25.2 Å². The van der Waals surface area contributed by atoms with E-state index in [1.54, 1.807) is 24.5 Å². The molecule has 4 N–H and O–H groups in total.